The maximum Gasteiger partial charge on any atom is 0.134 e. The van der Waals surface area contributed by atoms with Gasteiger partial charge in [-0.15, -0.1) is 0 Å². The molecule has 0 unspecified atom stereocenters. The predicted octanol–water partition coefficient (Wildman–Crippen LogP) is 11.5. The first-order valence-electron chi connectivity index (χ1n) is 22.1. The van der Waals surface area contributed by atoms with Crippen LogP contribution in [0.3, 0.4) is 0 Å². The maximum atomic E-state index is 9.93. The highest BCUT2D eigenvalue weighted by Gasteiger charge is 2.19. The lowest BCUT2D eigenvalue weighted by molar-refractivity contribution is 0.617. The Hall–Kier alpha value is -5.40. The van der Waals surface area contributed by atoms with E-state index < -0.39 is 164 Å². The Bertz CT molecular complexity index is 3410. The minimum absolute atomic E-state index is 0.0702. The van der Waals surface area contributed by atoms with Crippen LogP contribution < -0.4 is 0 Å². The molecule has 0 saturated heterocycles. The fraction of sp³-hybridized carbons (Fsp3) is 0. The highest BCUT2D eigenvalue weighted by Crippen LogP contribution is 2.46. The van der Waals surface area contributed by atoms with Crippen molar-refractivity contribution >= 4 is 64.8 Å². The van der Waals surface area contributed by atoms with Crippen molar-refractivity contribution in [3.8, 4) is 22.3 Å². The van der Waals surface area contributed by atoms with Crippen LogP contribution in [-0.2, 0) is 0 Å². The molecule has 1 aromatic heterocycles. The molecule has 1 heterocycles. The van der Waals surface area contributed by atoms with E-state index in [9.17, 15) is 9.60 Å². The van der Waals surface area contributed by atoms with Crippen LogP contribution >= 0.6 is 0 Å². The number of hydrogen-bond acceptors (Lipinski definition) is 1. The lowest BCUT2D eigenvalue weighted by Gasteiger charge is -2.18. The van der Waals surface area contributed by atoms with Crippen LogP contribution in [0.2, 0.25) is 0 Å². The molecule has 0 atom stereocenters. The monoisotopic (exact) mass is 539 g/mol. The van der Waals surface area contributed by atoms with Crippen molar-refractivity contribution in [1.82, 2.24) is 0 Å². The van der Waals surface area contributed by atoms with Gasteiger partial charge in [0.05, 0.1) is 32.3 Å². The second-order valence-electron chi connectivity index (χ2n) is 9.40. The number of rotatable bonds is 2. The minimum Gasteiger partial charge on any atom is -0.464 e. The van der Waals surface area contributed by atoms with Gasteiger partial charge in [-0.2, -0.15) is 0 Å². The molecule has 0 aliphatic rings. The van der Waals surface area contributed by atoms with Crippen LogP contribution in [0.1, 0.15) is 26.0 Å². The molecule has 1 heteroatoms. The summed E-state index contributed by atoms with van der Waals surface area (Å²) in [4.78, 5) is 0. The standard InChI is InChI=1S/C40H24O/c1-2-13-28-26(11-1)27-12-3-4-14-29(27)36-23-25(21-22-30(28)36)39-32-16-5-7-18-34(32)40(35-19-8-6-17-33(35)39)37-24-41-38-20-10-9-15-31(37)38/h1-24H/i1D,2D,3D,4D,5D,6D,7D,8D,11D,12D,13D,14D,16D,17D,18D,19D,21D,22D,23D. The summed E-state index contributed by atoms with van der Waals surface area (Å²) in [6.07, 6.45) is 1.29. The average Bonchev–Trinajstić information content (AvgIpc) is 3.67. The first kappa shape index (κ1) is 10.9. The van der Waals surface area contributed by atoms with Gasteiger partial charge in [-0.1, -0.05) is 127 Å². The molecule has 9 aromatic rings. The maximum absolute atomic E-state index is 9.93. The Morgan fingerprint density at radius 3 is 1.46 bits per heavy atom. The zero-order chi connectivity index (χ0) is 43.4. The minimum atomic E-state index is -0.842. The highest BCUT2D eigenvalue weighted by molar-refractivity contribution is 6.27. The smallest absolute Gasteiger partial charge is 0.134 e. The molecule has 0 bridgehead atoms. The highest BCUT2D eigenvalue weighted by atomic mass is 16.3. The quantitative estimate of drug-likeness (QED) is 0.157. The molecule has 0 fully saturated rings. The number of benzene rings is 8. The Labute approximate surface area is 263 Å². The van der Waals surface area contributed by atoms with Crippen LogP contribution in [0, 0.1) is 0 Å². The van der Waals surface area contributed by atoms with Crippen molar-refractivity contribution in [2.75, 3.05) is 0 Å². The van der Waals surface area contributed by atoms with Crippen molar-refractivity contribution in [2.45, 2.75) is 0 Å². The largest absolute Gasteiger partial charge is 0.464 e. The summed E-state index contributed by atoms with van der Waals surface area (Å²) in [5.74, 6) is 0. The van der Waals surface area contributed by atoms with E-state index in [-0.39, 0.29) is 27.3 Å². The van der Waals surface area contributed by atoms with Crippen LogP contribution in [0.5, 0.6) is 0 Å². The summed E-state index contributed by atoms with van der Waals surface area (Å²) in [7, 11) is 0. The average molecular weight is 540 g/mol. The van der Waals surface area contributed by atoms with Crippen LogP contribution in [0.4, 0.5) is 0 Å². The molecule has 8 aromatic carbocycles. The SMILES string of the molecule is [2H]c1c([2H])c([2H])c2c(-c3coc4ccccc34)c3c([2H])c([2H])c([2H])c([2H])c3c(-c3c([2H])c([2H])c4c5c([2H])c([2H])c([2H])c([2H])c5c5c([2H])c([2H])c([2H])c([2H])c5c4c3[2H])c2c1[2H]. The van der Waals surface area contributed by atoms with Gasteiger partial charge >= 0.3 is 0 Å². The number of furan rings is 1. The lowest BCUT2D eigenvalue weighted by Crippen LogP contribution is -1.91. The van der Waals surface area contributed by atoms with E-state index in [1.54, 1.807) is 24.3 Å². The van der Waals surface area contributed by atoms with Crippen molar-refractivity contribution in [3.05, 3.63) is 145 Å². The van der Waals surface area contributed by atoms with Crippen molar-refractivity contribution in [1.29, 1.82) is 0 Å². The molecule has 0 saturated carbocycles. The summed E-state index contributed by atoms with van der Waals surface area (Å²) in [5.41, 5.74) is -0.600. The summed E-state index contributed by atoms with van der Waals surface area (Å²) >= 11 is 0. The summed E-state index contributed by atoms with van der Waals surface area (Å²) < 4.78 is 177. The first-order valence-corrected chi connectivity index (χ1v) is 12.6. The van der Waals surface area contributed by atoms with Crippen LogP contribution in [0.15, 0.2) is 150 Å². The van der Waals surface area contributed by atoms with Crippen molar-refractivity contribution in [2.24, 2.45) is 0 Å². The van der Waals surface area contributed by atoms with E-state index in [1.165, 1.54) is 6.26 Å². The molecule has 41 heavy (non-hydrogen) atoms. The molecule has 0 aliphatic heterocycles. The zero-order valence-electron chi connectivity index (χ0n) is 39.8. The van der Waals surface area contributed by atoms with E-state index in [1.807, 2.05) is 0 Å². The third-order valence-corrected chi connectivity index (χ3v) is 7.31. The molecular weight excluding hydrogens is 496 g/mol. The summed E-state index contributed by atoms with van der Waals surface area (Å²) in [6.45, 7) is 0. The van der Waals surface area contributed by atoms with Crippen LogP contribution in [-0.4, -0.2) is 0 Å². The molecule has 0 radical (unpaired) electrons. The van der Waals surface area contributed by atoms with Crippen molar-refractivity contribution < 1.29 is 30.5 Å². The van der Waals surface area contributed by atoms with Gasteiger partial charge in [0.15, 0.2) is 0 Å². The van der Waals surface area contributed by atoms with E-state index in [2.05, 4.69) is 0 Å². The van der Waals surface area contributed by atoms with E-state index in [0.29, 0.717) is 11.0 Å². The Morgan fingerprint density at radius 2 is 0.878 bits per heavy atom. The van der Waals surface area contributed by atoms with Gasteiger partial charge in [0.2, 0.25) is 0 Å². The third kappa shape index (κ3) is 3.18. The second-order valence-corrected chi connectivity index (χ2v) is 9.40. The Balaban J connectivity index is 1.67. The molecule has 1 nitrogen and oxygen atoms in total. The van der Waals surface area contributed by atoms with E-state index in [4.69, 9.17) is 20.9 Å². The van der Waals surface area contributed by atoms with Crippen molar-refractivity contribution in [3.63, 3.8) is 0 Å². The first-order chi connectivity index (χ1) is 28.3. The number of para-hydroxylation sites is 1. The van der Waals surface area contributed by atoms with Gasteiger partial charge in [0.25, 0.3) is 0 Å². The number of hydrogen-bond donors (Lipinski definition) is 0. The fourth-order valence-corrected chi connectivity index (χ4v) is 5.60. The predicted molar refractivity (Wildman–Crippen MR) is 175 cm³/mol. The zero-order valence-corrected chi connectivity index (χ0v) is 20.8. The number of fused-ring (bicyclic) bond motifs is 9. The molecular formula is C40H24O. The Morgan fingerprint density at radius 1 is 0.415 bits per heavy atom. The normalized spacial score (nSPS) is 18.4. The lowest BCUT2D eigenvalue weighted by atomic mass is 9.85. The molecule has 9 rings (SSSR count). The Kier molecular flexibility index (Phi) is 2.27. The van der Waals surface area contributed by atoms with E-state index in [0.717, 1.165) is 0 Å². The van der Waals surface area contributed by atoms with Gasteiger partial charge in [-0.25, -0.2) is 0 Å². The van der Waals surface area contributed by atoms with Gasteiger partial charge in [-0.3, -0.25) is 0 Å². The van der Waals surface area contributed by atoms with Crippen LogP contribution in [0.25, 0.3) is 87.1 Å². The van der Waals surface area contributed by atoms with Gasteiger partial charge in [0.1, 0.15) is 5.58 Å². The molecule has 0 spiro atoms. The molecule has 0 N–H and O–H groups in total. The fourth-order valence-electron chi connectivity index (χ4n) is 5.60. The van der Waals surface area contributed by atoms with E-state index >= 15 is 0 Å². The van der Waals surface area contributed by atoms with Gasteiger partial charge < -0.3 is 4.42 Å². The third-order valence-electron chi connectivity index (χ3n) is 7.31. The molecule has 0 aliphatic carbocycles. The second kappa shape index (κ2) is 8.55. The summed E-state index contributed by atoms with van der Waals surface area (Å²) in [6, 6.07) is -7.43. The topological polar surface area (TPSA) is 13.1 Å². The van der Waals surface area contributed by atoms with Gasteiger partial charge in [-0.05, 0) is 77.1 Å². The molecule has 190 valence electrons. The van der Waals surface area contributed by atoms with Gasteiger partial charge in [0, 0.05) is 16.5 Å². The molecule has 0 amide bonds. The summed E-state index contributed by atoms with van der Waals surface area (Å²) in [5, 5.41) is -3.45.